The molecule has 0 saturated carbocycles. The van der Waals surface area contributed by atoms with Gasteiger partial charge in [-0.3, -0.25) is 0 Å². The molecule has 0 spiro atoms. The van der Waals surface area contributed by atoms with Crippen LogP contribution in [0.1, 0.15) is 0 Å². The van der Waals surface area contributed by atoms with Crippen molar-refractivity contribution in [2.75, 3.05) is 0 Å². The van der Waals surface area contributed by atoms with Gasteiger partial charge in [0.2, 0.25) is 0 Å². The molecule has 4 aromatic carbocycles. The van der Waals surface area contributed by atoms with E-state index in [-0.39, 0.29) is 0 Å². The molecule has 0 aliphatic carbocycles. The van der Waals surface area contributed by atoms with Crippen LogP contribution in [-0.2, 0) is 0 Å². The minimum absolute atomic E-state index is 0.703. The van der Waals surface area contributed by atoms with Crippen molar-refractivity contribution in [3.8, 4) is 79.2 Å². The molecule has 218 valence electrons. The summed E-state index contributed by atoms with van der Waals surface area (Å²) in [5.41, 5.74) is 11.7. The molecule has 6 nitrogen and oxygen atoms in total. The lowest BCUT2D eigenvalue weighted by atomic mass is 10.0. The Morgan fingerprint density at radius 3 is 1.07 bits per heavy atom. The van der Waals surface area contributed by atoms with Gasteiger partial charge < -0.3 is 9.97 Å². The van der Waals surface area contributed by atoms with Crippen LogP contribution in [-0.4, -0.2) is 29.9 Å². The fourth-order valence-electron chi connectivity index (χ4n) is 5.56. The molecule has 6 heteroatoms. The predicted molar refractivity (Wildman–Crippen MR) is 184 cm³/mol. The molecule has 0 radical (unpaired) electrons. The van der Waals surface area contributed by atoms with E-state index in [4.69, 9.17) is 9.97 Å². The second-order valence-corrected chi connectivity index (χ2v) is 11.0. The summed E-state index contributed by atoms with van der Waals surface area (Å²) in [6, 6.07) is 49.5. The lowest BCUT2D eigenvalue weighted by molar-refractivity contribution is 1.19. The van der Waals surface area contributed by atoms with Crippen molar-refractivity contribution in [3.63, 3.8) is 0 Å². The average Bonchev–Trinajstić information content (AvgIpc) is 3.84. The lowest BCUT2D eigenvalue weighted by Gasteiger charge is -2.05. The number of benzene rings is 4. The van der Waals surface area contributed by atoms with Crippen molar-refractivity contribution >= 4 is 0 Å². The molecule has 0 fully saturated rings. The number of aromatic amines is 2. The summed E-state index contributed by atoms with van der Waals surface area (Å²) >= 11 is 0. The first-order chi connectivity index (χ1) is 22.8. The van der Waals surface area contributed by atoms with Gasteiger partial charge in [0.15, 0.2) is 11.6 Å². The summed E-state index contributed by atoms with van der Waals surface area (Å²) in [7, 11) is 0. The van der Waals surface area contributed by atoms with Crippen LogP contribution >= 0.6 is 0 Å². The maximum atomic E-state index is 4.91. The number of aromatic nitrogens is 6. The van der Waals surface area contributed by atoms with Crippen LogP contribution < -0.4 is 0 Å². The Morgan fingerprint density at radius 1 is 0.304 bits per heavy atom. The Morgan fingerprint density at radius 2 is 0.652 bits per heavy atom. The predicted octanol–water partition coefficient (Wildman–Crippen LogP) is 9.59. The zero-order chi connectivity index (χ0) is 30.7. The largest absolute Gasteiger partial charge is 0.337 e. The number of imidazole rings is 2. The first-order valence-electron chi connectivity index (χ1n) is 15.1. The maximum Gasteiger partial charge on any atom is 0.156 e. The third-order valence-electron chi connectivity index (χ3n) is 8.00. The van der Waals surface area contributed by atoms with Crippen molar-refractivity contribution in [2.45, 2.75) is 0 Å². The Labute approximate surface area is 266 Å². The van der Waals surface area contributed by atoms with Crippen LogP contribution in [0.15, 0.2) is 158 Å². The molecule has 0 amide bonds. The molecule has 2 N–H and O–H groups in total. The van der Waals surface area contributed by atoms with Gasteiger partial charge in [0, 0.05) is 0 Å². The average molecular weight is 593 g/mol. The molecular formula is C40H28N6. The number of nitrogens with zero attached hydrogens (tertiary/aromatic N) is 4. The highest BCUT2D eigenvalue weighted by molar-refractivity contribution is 5.72. The molecule has 4 heterocycles. The SMILES string of the molecule is c1ccc(-c2ccc(-c3cnc(-c4cccc(-c5cccc(-c6ncc(-c7ccc(-c8ccccc8)cc7)[nH]6)n5)n4)[nH]3)cc2)cc1. The van der Waals surface area contributed by atoms with Gasteiger partial charge >= 0.3 is 0 Å². The second kappa shape index (κ2) is 11.9. The second-order valence-electron chi connectivity index (χ2n) is 11.0. The van der Waals surface area contributed by atoms with Crippen molar-refractivity contribution in [1.82, 2.24) is 29.9 Å². The van der Waals surface area contributed by atoms with Gasteiger partial charge in [0.05, 0.1) is 35.2 Å². The number of rotatable bonds is 7. The van der Waals surface area contributed by atoms with Crippen LogP contribution in [0.4, 0.5) is 0 Å². The van der Waals surface area contributed by atoms with Gasteiger partial charge in [-0.25, -0.2) is 19.9 Å². The number of H-pyrrole nitrogens is 2. The molecule has 0 bridgehead atoms. The summed E-state index contributed by atoms with van der Waals surface area (Å²) in [5, 5.41) is 0. The molecule has 8 aromatic rings. The van der Waals surface area contributed by atoms with Crippen molar-refractivity contribution in [2.24, 2.45) is 0 Å². The topological polar surface area (TPSA) is 83.1 Å². The van der Waals surface area contributed by atoms with E-state index in [1.54, 1.807) is 0 Å². The molecule has 0 unspecified atom stereocenters. The van der Waals surface area contributed by atoms with E-state index in [1.807, 2.05) is 60.9 Å². The van der Waals surface area contributed by atoms with Gasteiger partial charge in [-0.2, -0.15) is 0 Å². The van der Waals surface area contributed by atoms with E-state index in [1.165, 1.54) is 22.3 Å². The zero-order valence-corrected chi connectivity index (χ0v) is 24.8. The van der Waals surface area contributed by atoms with E-state index in [0.717, 1.165) is 45.3 Å². The van der Waals surface area contributed by atoms with Crippen LogP contribution in [0, 0.1) is 0 Å². The normalized spacial score (nSPS) is 11.0. The Hall–Kier alpha value is -6.40. The number of pyridine rings is 2. The third kappa shape index (κ3) is 5.51. The lowest BCUT2D eigenvalue weighted by Crippen LogP contribution is -1.93. The molecule has 0 atom stereocenters. The summed E-state index contributed by atoms with van der Waals surface area (Å²) < 4.78 is 0. The van der Waals surface area contributed by atoms with Crippen molar-refractivity contribution < 1.29 is 0 Å². The van der Waals surface area contributed by atoms with Gasteiger partial charge in [0.1, 0.15) is 11.4 Å². The van der Waals surface area contributed by atoms with Crippen molar-refractivity contribution in [1.29, 1.82) is 0 Å². The summed E-state index contributed by atoms with van der Waals surface area (Å²) in [4.78, 5) is 26.0. The quantitative estimate of drug-likeness (QED) is 0.193. The Kier molecular flexibility index (Phi) is 7.05. The molecule has 46 heavy (non-hydrogen) atoms. The fraction of sp³-hybridized carbons (Fsp3) is 0. The van der Waals surface area contributed by atoms with E-state index in [9.17, 15) is 0 Å². The van der Waals surface area contributed by atoms with Gasteiger partial charge in [0.25, 0.3) is 0 Å². The van der Waals surface area contributed by atoms with Crippen LogP contribution in [0.25, 0.3) is 79.2 Å². The fourth-order valence-corrected chi connectivity index (χ4v) is 5.56. The standard InChI is InChI=1S/C40H28N6/c1-3-9-27(10-4-1)29-17-21-31(22-18-29)37-25-41-39(45-37)35-15-7-13-33(43-35)34-14-8-16-36(44-34)40-42-26-38(46-40)32-23-19-30(20-24-32)28-11-5-2-6-12-28/h1-26H,(H,41,45)(H,42,46). The molecule has 0 aliphatic heterocycles. The molecule has 4 aromatic heterocycles. The number of hydrogen-bond acceptors (Lipinski definition) is 4. The first kappa shape index (κ1) is 27.2. The molecule has 8 rings (SSSR count). The third-order valence-corrected chi connectivity index (χ3v) is 8.00. The van der Waals surface area contributed by atoms with E-state index in [0.29, 0.717) is 11.6 Å². The summed E-state index contributed by atoms with van der Waals surface area (Å²) in [5.74, 6) is 1.41. The summed E-state index contributed by atoms with van der Waals surface area (Å²) in [6.07, 6.45) is 3.70. The van der Waals surface area contributed by atoms with Gasteiger partial charge in [-0.05, 0) is 57.6 Å². The zero-order valence-electron chi connectivity index (χ0n) is 24.8. The highest BCUT2D eigenvalue weighted by Crippen LogP contribution is 2.28. The maximum absolute atomic E-state index is 4.91. The Balaban J connectivity index is 1.01. The van der Waals surface area contributed by atoms with Gasteiger partial charge in [-0.1, -0.05) is 121 Å². The van der Waals surface area contributed by atoms with E-state index >= 15 is 0 Å². The minimum atomic E-state index is 0.703. The van der Waals surface area contributed by atoms with Crippen LogP contribution in [0.5, 0.6) is 0 Å². The van der Waals surface area contributed by atoms with Gasteiger partial charge in [-0.15, -0.1) is 0 Å². The van der Waals surface area contributed by atoms with E-state index < -0.39 is 0 Å². The molecule has 0 saturated heterocycles. The first-order valence-corrected chi connectivity index (χ1v) is 15.1. The summed E-state index contributed by atoms with van der Waals surface area (Å²) in [6.45, 7) is 0. The molecular weight excluding hydrogens is 564 g/mol. The monoisotopic (exact) mass is 592 g/mol. The van der Waals surface area contributed by atoms with Crippen LogP contribution in [0.3, 0.4) is 0 Å². The highest BCUT2D eigenvalue weighted by atomic mass is 15.0. The smallest absolute Gasteiger partial charge is 0.156 e. The highest BCUT2D eigenvalue weighted by Gasteiger charge is 2.12. The van der Waals surface area contributed by atoms with Crippen LogP contribution in [0.2, 0.25) is 0 Å². The number of nitrogens with one attached hydrogen (secondary N) is 2. The van der Waals surface area contributed by atoms with E-state index in [2.05, 4.69) is 117 Å². The minimum Gasteiger partial charge on any atom is -0.337 e. The van der Waals surface area contributed by atoms with Crippen molar-refractivity contribution in [3.05, 3.63) is 158 Å². The Bertz CT molecular complexity index is 2070. The number of hydrogen-bond donors (Lipinski definition) is 2. The molecule has 0 aliphatic rings.